The van der Waals surface area contributed by atoms with E-state index in [4.69, 9.17) is 9.47 Å². The van der Waals surface area contributed by atoms with Crippen LogP contribution in [0, 0.1) is 5.92 Å². The van der Waals surface area contributed by atoms with Gasteiger partial charge < -0.3 is 14.3 Å². The predicted octanol–water partition coefficient (Wildman–Crippen LogP) is 2.08. The van der Waals surface area contributed by atoms with Gasteiger partial charge in [-0.2, -0.15) is 0 Å². The van der Waals surface area contributed by atoms with Gasteiger partial charge in [0.05, 0.1) is 14.2 Å². The van der Waals surface area contributed by atoms with Crippen molar-refractivity contribution in [3.8, 4) is 11.5 Å². The van der Waals surface area contributed by atoms with E-state index in [1.54, 1.807) is 14.2 Å². The van der Waals surface area contributed by atoms with Crippen molar-refractivity contribution in [3.05, 3.63) is 23.8 Å². The van der Waals surface area contributed by atoms with Gasteiger partial charge in [-0.25, -0.2) is 0 Å². The van der Waals surface area contributed by atoms with Gasteiger partial charge in [0.15, 0.2) is 11.5 Å². The summed E-state index contributed by atoms with van der Waals surface area (Å²) in [4.78, 5) is 10.5. The Morgan fingerprint density at radius 1 is 1.27 bits per heavy atom. The zero-order valence-electron chi connectivity index (χ0n) is 9.32. The molecule has 0 saturated heterocycles. The van der Waals surface area contributed by atoms with E-state index >= 15 is 0 Å². The maximum Gasteiger partial charge on any atom is 0.160 e. The normalized spacial score (nSPS) is 11.9. The highest BCUT2D eigenvalue weighted by Gasteiger charge is 2.07. The average molecular weight is 208 g/mol. The minimum absolute atomic E-state index is 0.0306. The van der Waals surface area contributed by atoms with Crippen molar-refractivity contribution in [2.75, 3.05) is 14.2 Å². The molecule has 3 heteroatoms. The Hall–Kier alpha value is -1.51. The summed E-state index contributed by atoms with van der Waals surface area (Å²) in [5.41, 5.74) is 1.08. The number of benzene rings is 1. The first-order valence-electron chi connectivity index (χ1n) is 4.87. The zero-order chi connectivity index (χ0) is 11.3. The highest BCUT2D eigenvalue weighted by molar-refractivity contribution is 5.54. The minimum atomic E-state index is 0.0306. The standard InChI is InChI=1S/C12H16O3/c1-9(8-13)6-10-4-5-11(14-2)12(7-10)15-3/h4-5,7-9H,6H2,1-3H3/t9-/m0/s1. The molecule has 1 aromatic carbocycles. The summed E-state index contributed by atoms with van der Waals surface area (Å²) in [5.74, 6) is 1.44. The summed E-state index contributed by atoms with van der Waals surface area (Å²) in [7, 11) is 3.20. The molecule has 15 heavy (non-hydrogen) atoms. The van der Waals surface area contributed by atoms with Gasteiger partial charge in [0.25, 0.3) is 0 Å². The van der Waals surface area contributed by atoms with Gasteiger partial charge >= 0.3 is 0 Å². The molecule has 0 unspecified atom stereocenters. The third kappa shape index (κ3) is 2.98. The molecular weight excluding hydrogens is 192 g/mol. The lowest BCUT2D eigenvalue weighted by Gasteiger charge is -2.10. The number of hydrogen-bond acceptors (Lipinski definition) is 3. The van der Waals surface area contributed by atoms with Gasteiger partial charge in [0.2, 0.25) is 0 Å². The van der Waals surface area contributed by atoms with Crippen LogP contribution in [-0.2, 0) is 11.2 Å². The predicted molar refractivity (Wildman–Crippen MR) is 58.5 cm³/mol. The fourth-order valence-electron chi connectivity index (χ4n) is 1.43. The number of ether oxygens (including phenoxy) is 2. The largest absolute Gasteiger partial charge is 0.493 e. The van der Waals surface area contributed by atoms with Crippen molar-refractivity contribution >= 4 is 6.29 Å². The number of carbonyl (C=O) groups is 1. The maximum atomic E-state index is 10.5. The van der Waals surface area contributed by atoms with Gasteiger partial charge in [-0.05, 0) is 24.1 Å². The van der Waals surface area contributed by atoms with Crippen LogP contribution in [0.4, 0.5) is 0 Å². The molecule has 0 aliphatic rings. The summed E-state index contributed by atoms with van der Waals surface area (Å²) in [6, 6.07) is 5.70. The number of hydrogen-bond donors (Lipinski definition) is 0. The SMILES string of the molecule is COc1ccc(C[C@H](C)C=O)cc1OC. The van der Waals surface area contributed by atoms with Crippen LogP contribution in [0.15, 0.2) is 18.2 Å². The number of methoxy groups -OCH3 is 2. The quantitative estimate of drug-likeness (QED) is 0.695. The Bertz CT molecular complexity index is 334. The molecule has 0 aliphatic heterocycles. The van der Waals surface area contributed by atoms with E-state index in [0.29, 0.717) is 11.5 Å². The van der Waals surface area contributed by atoms with Crippen molar-refractivity contribution in [2.45, 2.75) is 13.3 Å². The molecule has 0 saturated carbocycles. The van der Waals surface area contributed by atoms with Gasteiger partial charge in [-0.15, -0.1) is 0 Å². The molecule has 3 nitrogen and oxygen atoms in total. The van der Waals surface area contributed by atoms with Crippen LogP contribution in [0.25, 0.3) is 0 Å². The molecule has 0 heterocycles. The Morgan fingerprint density at radius 2 is 1.93 bits per heavy atom. The Balaban J connectivity index is 2.87. The minimum Gasteiger partial charge on any atom is -0.493 e. The second-order valence-corrected chi connectivity index (χ2v) is 3.51. The summed E-state index contributed by atoms with van der Waals surface area (Å²) in [6.07, 6.45) is 1.68. The van der Waals surface area contributed by atoms with Crippen LogP contribution in [-0.4, -0.2) is 20.5 Å². The van der Waals surface area contributed by atoms with Gasteiger partial charge in [-0.1, -0.05) is 13.0 Å². The van der Waals surface area contributed by atoms with E-state index in [0.717, 1.165) is 18.3 Å². The monoisotopic (exact) mass is 208 g/mol. The van der Waals surface area contributed by atoms with Gasteiger partial charge in [-0.3, -0.25) is 0 Å². The first kappa shape index (κ1) is 11.6. The van der Waals surface area contributed by atoms with E-state index in [1.165, 1.54) is 0 Å². The number of carbonyl (C=O) groups excluding carboxylic acids is 1. The molecule has 0 amide bonds. The first-order valence-corrected chi connectivity index (χ1v) is 4.87. The van der Waals surface area contributed by atoms with E-state index in [2.05, 4.69) is 0 Å². The average Bonchev–Trinajstić information content (AvgIpc) is 2.28. The zero-order valence-corrected chi connectivity index (χ0v) is 9.32. The lowest BCUT2D eigenvalue weighted by molar-refractivity contribution is -0.110. The fraction of sp³-hybridized carbons (Fsp3) is 0.417. The second kappa shape index (κ2) is 5.39. The second-order valence-electron chi connectivity index (χ2n) is 3.51. The van der Waals surface area contributed by atoms with Crippen molar-refractivity contribution in [3.63, 3.8) is 0 Å². The third-order valence-electron chi connectivity index (χ3n) is 2.24. The number of aldehydes is 1. The van der Waals surface area contributed by atoms with E-state index in [-0.39, 0.29) is 5.92 Å². The van der Waals surface area contributed by atoms with Crippen LogP contribution in [0.1, 0.15) is 12.5 Å². The molecule has 1 atom stereocenters. The molecule has 0 radical (unpaired) electrons. The van der Waals surface area contributed by atoms with Crippen LogP contribution in [0.3, 0.4) is 0 Å². The van der Waals surface area contributed by atoms with E-state index in [1.807, 2.05) is 25.1 Å². The third-order valence-corrected chi connectivity index (χ3v) is 2.24. The van der Waals surface area contributed by atoms with Crippen LogP contribution in [0.5, 0.6) is 11.5 Å². The molecule has 1 rings (SSSR count). The Kier molecular flexibility index (Phi) is 4.16. The summed E-state index contributed by atoms with van der Waals surface area (Å²) >= 11 is 0. The number of rotatable bonds is 5. The van der Waals surface area contributed by atoms with Crippen molar-refractivity contribution in [1.82, 2.24) is 0 Å². The fourth-order valence-corrected chi connectivity index (χ4v) is 1.43. The van der Waals surface area contributed by atoms with Crippen molar-refractivity contribution in [2.24, 2.45) is 5.92 Å². The molecule has 0 spiro atoms. The molecule has 0 aliphatic carbocycles. The smallest absolute Gasteiger partial charge is 0.160 e. The Morgan fingerprint density at radius 3 is 2.47 bits per heavy atom. The molecule has 82 valence electrons. The van der Waals surface area contributed by atoms with E-state index < -0.39 is 0 Å². The highest BCUT2D eigenvalue weighted by atomic mass is 16.5. The lowest BCUT2D eigenvalue weighted by atomic mass is 10.0. The molecule has 0 aromatic heterocycles. The summed E-state index contributed by atoms with van der Waals surface area (Å²) < 4.78 is 10.3. The summed E-state index contributed by atoms with van der Waals surface area (Å²) in [6.45, 7) is 1.89. The molecular formula is C12H16O3. The lowest BCUT2D eigenvalue weighted by Crippen LogP contribution is -2.01. The van der Waals surface area contributed by atoms with Gasteiger partial charge in [0.1, 0.15) is 6.29 Å². The molecule has 0 bridgehead atoms. The van der Waals surface area contributed by atoms with Gasteiger partial charge in [0, 0.05) is 5.92 Å². The molecule has 0 N–H and O–H groups in total. The van der Waals surface area contributed by atoms with Crippen LogP contribution < -0.4 is 9.47 Å². The molecule has 1 aromatic rings. The van der Waals surface area contributed by atoms with Crippen molar-refractivity contribution in [1.29, 1.82) is 0 Å². The molecule has 0 fully saturated rings. The van der Waals surface area contributed by atoms with E-state index in [9.17, 15) is 4.79 Å². The Labute approximate surface area is 90.0 Å². The van der Waals surface area contributed by atoms with Crippen LogP contribution >= 0.6 is 0 Å². The first-order chi connectivity index (χ1) is 7.21. The maximum absolute atomic E-state index is 10.5. The topological polar surface area (TPSA) is 35.5 Å². The highest BCUT2D eigenvalue weighted by Crippen LogP contribution is 2.28. The van der Waals surface area contributed by atoms with Crippen LogP contribution in [0.2, 0.25) is 0 Å². The van der Waals surface area contributed by atoms with Crippen molar-refractivity contribution < 1.29 is 14.3 Å². The summed E-state index contributed by atoms with van der Waals surface area (Å²) in [5, 5.41) is 0.